The van der Waals surface area contributed by atoms with Crippen molar-refractivity contribution in [2.75, 3.05) is 13.2 Å². The fourth-order valence-electron chi connectivity index (χ4n) is 2.58. The summed E-state index contributed by atoms with van der Waals surface area (Å²) in [6.45, 7) is 11.0. The molecule has 0 fully saturated rings. The summed E-state index contributed by atoms with van der Waals surface area (Å²) in [6.07, 6.45) is 0. The zero-order chi connectivity index (χ0) is 18.4. The van der Waals surface area contributed by atoms with E-state index >= 15 is 0 Å². The van der Waals surface area contributed by atoms with Crippen LogP contribution >= 0.6 is 0 Å². The number of hydrogen-bond donors (Lipinski definition) is 1. The third-order valence-corrected chi connectivity index (χ3v) is 4.18. The SMILES string of the molecule is CCOc1ccc([C@H](C)NC(=O)c2ccc(C)c(C)c2)cc1OCC. The maximum atomic E-state index is 12.5. The second kappa shape index (κ2) is 8.56. The highest BCUT2D eigenvalue weighted by molar-refractivity contribution is 5.94. The Hall–Kier alpha value is -2.49. The fourth-order valence-corrected chi connectivity index (χ4v) is 2.58. The number of carbonyl (C=O) groups excluding carboxylic acids is 1. The molecule has 4 nitrogen and oxygen atoms in total. The van der Waals surface area contributed by atoms with Gasteiger partial charge in [-0.25, -0.2) is 0 Å². The summed E-state index contributed by atoms with van der Waals surface area (Å²) in [7, 11) is 0. The van der Waals surface area contributed by atoms with Gasteiger partial charge < -0.3 is 14.8 Å². The Morgan fingerprint density at radius 3 is 2.28 bits per heavy atom. The van der Waals surface area contributed by atoms with Crippen LogP contribution in [0.25, 0.3) is 0 Å². The lowest BCUT2D eigenvalue weighted by Gasteiger charge is -2.18. The molecule has 25 heavy (non-hydrogen) atoms. The number of hydrogen-bond acceptors (Lipinski definition) is 3. The molecule has 0 saturated carbocycles. The van der Waals surface area contributed by atoms with Gasteiger partial charge in [-0.1, -0.05) is 12.1 Å². The minimum absolute atomic E-state index is 0.0811. The summed E-state index contributed by atoms with van der Waals surface area (Å²) in [6, 6.07) is 11.4. The van der Waals surface area contributed by atoms with E-state index in [2.05, 4.69) is 5.32 Å². The summed E-state index contributed by atoms with van der Waals surface area (Å²) >= 11 is 0. The second-order valence-electron chi connectivity index (χ2n) is 6.07. The first-order valence-electron chi connectivity index (χ1n) is 8.73. The van der Waals surface area contributed by atoms with Crippen LogP contribution in [0, 0.1) is 13.8 Å². The Morgan fingerprint density at radius 2 is 1.64 bits per heavy atom. The van der Waals surface area contributed by atoms with Crippen LogP contribution in [-0.2, 0) is 0 Å². The highest BCUT2D eigenvalue weighted by atomic mass is 16.5. The van der Waals surface area contributed by atoms with Crippen LogP contribution in [-0.4, -0.2) is 19.1 Å². The monoisotopic (exact) mass is 341 g/mol. The average Bonchev–Trinajstić information content (AvgIpc) is 2.59. The van der Waals surface area contributed by atoms with Gasteiger partial charge in [-0.15, -0.1) is 0 Å². The van der Waals surface area contributed by atoms with E-state index in [4.69, 9.17) is 9.47 Å². The predicted molar refractivity (Wildman–Crippen MR) is 101 cm³/mol. The van der Waals surface area contributed by atoms with Crippen molar-refractivity contribution in [1.82, 2.24) is 5.32 Å². The highest BCUT2D eigenvalue weighted by Gasteiger charge is 2.14. The normalized spacial score (nSPS) is 11.7. The molecule has 4 heteroatoms. The Labute approximate surface area is 150 Å². The van der Waals surface area contributed by atoms with E-state index in [9.17, 15) is 4.79 Å². The number of rotatable bonds is 7. The van der Waals surface area contributed by atoms with Crippen LogP contribution < -0.4 is 14.8 Å². The van der Waals surface area contributed by atoms with Crippen molar-refractivity contribution in [3.8, 4) is 11.5 Å². The molecule has 0 bridgehead atoms. The first kappa shape index (κ1) is 18.8. The van der Waals surface area contributed by atoms with Crippen molar-refractivity contribution in [2.24, 2.45) is 0 Å². The van der Waals surface area contributed by atoms with Gasteiger partial charge in [0.15, 0.2) is 11.5 Å². The lowest BCUT2D eigenvalue weighted by molar-refractivity contribution is 0.0939. The molecule has 2 rings (SSSR count). The fraction of sp³-hybridized carbons (Fsp3) is 0.381. The van der Waals surface area contributed by atoms with Gasteiger partial charge in [-0.3, -0.25) is 4.79 Å². The number of aryl methyl sites for hydroxylation is 2. The molecule has 0 aliphatic carbocycles. The molecule has 0 spiro atoms. The van der Waals surface area contributed by atoms with E-state index < -0.39 is 0 Å². The lowest BCUT2D eigenvalue weighted by atomic mass is 10.0. The number of benzene rings is 2. The van der Waals surface area contributed by atoms with Crippen molar-refractivity contribution < 1.29 is 14.3 Å². The predicted octanol–water partition coefficient (Wildman–Crippen LogP) is 4.59. The first-order valence-corrected chi connectivity index (χ1v) is 8.73. The summed E-state index contributed by atoms with van der Waals surface area (Å²) in [5, 5.41) is 3.04. The van der Waals surface area contributed by atoms with Gasteiger partial charge in [0.05, 0.1) is 19.3 Å². The first-order chi connectivity index (χ1) is 12.0. The Balaban J connectivity index is 2.16. The summed E-state index contributed by atoms with van der Waals surface area (Å²) in [5.41, 5.74) is 3.94. The number of ether oxygens (including phenoxy) is 2. The summed E-state index contributed by atoms with van der Waals surface area (Å²) in [4.78, 5) is 12.5. The van der Waals surface area contributed by atoms with Crippen LogP contribution in [0.15, 0.2) is 36.4 Å². The summed E-state index contributed by atoms with van der Waals surface area (Å²) in [5.74, 6) is 1.34. The van der Waals surface area contributed by atoms with Gasteiger partial charge in [0.2, 0.25) is 0 Å². The largest absolute Gasteiger partial charge is 0.490 e. The molecule has 0 aromatic heterocycles. The van der Waals surface area contributed by atoms with Gasteiger partial charge in [-0.2, -0.15) is 0 Å². The molecular weight excluding hydrogens is 314 g/mol. The Bertz CT molecular complexity index is 740. The van der Waals surface area contributed by atoms with Crippen molar-refractivity contribution in [2.45, 2.75) is 40.7 Å². The molecule has 1 atom stereocenters. The van der Waals surface area contributed by atoms with Crippen molar-refractivity contribution >= 4 is 5.91 Å². The molecule has 0 aliphatic heterocycles. The molecule has 2 aromatic rings. The van der Waals surface area contributed by atoms with Crippen LogP contribution in [0.1, 0.15) is 53.9 Å². The molecule has 1 N–H and O–H groups in total. The standard InChI is InChI=1S/C21H27NO3/c1-6-24-19-11-10-17(13-20(19)25-7-2)16(5)22-21(23)18-9-8-14(3)15(4)12-18/h8-13,16H,6-7H2,1-5H3,(H,22,23)/t16-/m0/s1. The number of amides is 1. The quantitative estimate of drug-likeness (QED) is 0.801. The van der Waals surface area contributed by atoms with Crippen molar-refractivity contribution in [1.29, 1.82) is 0 Å². The molecule has 0 aliphatic rings. The Kier molecular flexibility index (Phi) is 6.45. The molecule has 0 heterocycles. The van der Waals surface area contributed by atoms with Crippen molar-refractivity contribution in [3.63, 3.8) is 0 Å². The topological polar surface area (TPSA) is 47.6 Å². The average molecular weight is 341 g/mol. The zero-order valence-corrected chi connectivity index (χ0v) is 15.7. The third-order valence-electron chi connectivity index (χ3n) is 4.18. The smallest absolute Gasteiger partial charge is 0.251 e. The maximum absolute atomic E-state index is 12.5. The summed E-state index contributed by atoms with van der Waals surface area (Å²) < 4.78 is 11.2. The number of carbonyl (C=O) groups is 1. The van der Waals surface area contributed by atoms with E-state index in [0.29, 0.717) is 24.5 Å². The minimum Gasteiger partial charge on any atom is -0.490 e. The molecule has 0 unspecified atom stereocenters. The number of nitrogens with one attached hydrogen (secondary N) is 1. The lowest BCUT2D eigenvalue weighted by Crippen LogP contribution is -2.26. The van der Waals surface area contributed by atoms with Crippen LogP contribution in [0.5, 0.6) is 11.5 Å². The van der Waals surface area contributed by atoms with Crippen molar-refractivity contribution in [3.05, 3.63) is 58.7 Å². The van der Waals surface area contributed by atoms with Gasteiger partial charge in [0.25, 0.3) is 5.91 Å². The van der Waals surface area contributed by atoms with Crippen LogP contribution in [0.3, 0.4) is 0 Å². The maximum Gasteiger partial charge on any atom is 0.251 e. The molecular formula is C21H27NO3. The van der Waals surface area contributed by atoms with Gasteiger partial charge in [-0.05, 0) is 75.6 Å². The zero-order valence-electron chi connectivity index (χ0n) is 15.7. The van der Waals surface area contributed by atoms with Gasteiger partial charge >= 0.3 is 0 Å². The Morgan fingerprint density at radius 1 is 0.960 bits per heavy atom. The minimum atomic E-state index is -0.135. The second-order valence-corrected chi connectivity index (χ2v) is 6.07. The van der Waals surface area contributed by atoms with E-state index in [1.165, 1.54) is 5.56 Å². The van der Waals surface area contributed by atoms with Crippen LogP contribution in [0.2, 0.25) is 0 Å². The van der Waals surface area contributed by atoms with E-state index in [1.54, 1.807) is 0 Å². The van der Waals surface area contributed by atoms with Gasteiger partial charge in [0, 0.05) is 5.56 Å². The van der Waals surface area contributed by atoms with Crippen LogP contribution in [0.4, 0.5) is 0 Å². The molecule has 2 aromatic carbocycles. The molecule has 1 amide bonds. The van der Waals surface area contributed by atoms with Gasteiger partial charge in [0.1, 0.15) is 0 Å². The van der Waals surface area contributed by atoms with E-state index in [0.717, 1.165) is 16.9 Å². The molecule has 134 valence electrons. The third kappa shape index (κ3) is 4.75. The van der Waals surface area contributed by atoms with E-state index in [1.807, 2.05) is 71.0 Å². The molecule has 0 radical (unpaired) electrons. The molecule has 0 saturated heterocycles. The highest BCUT2D eigenvalue weighted by Crippen LogP contribution is 2.30. The van der Waals surface area contributed by atoms with E-state index in [-0.39, 0.29) is 11.9 Å².